The van der Waals surface area contributed by atoms with Crippen molar-refractivity contribution in [2.75, 3.05) is 11.1 Å². The number of nitrogens with two attached hydrogens (primary N) is 1. The SMILES string of the molecule is Nc1cnc(C(=O)Nc2cc(C(F)(F)F)ccc2F)cn1. The van der Waals surface area contributed by atoms with Crippen LogP contribution < -0.4 is 11.1 Å². The van der Waals surface area contributed by atoms with Gasteiger partial charge in [-0.2, -0.15) is 13.2 Å². The third-order valence-electron chi connectivity index (χ3n) is 2.45. The first kappa shape index (κ1) is 14.7. The summed E-state index contributed by atoms with van der Waals surface area (Å²) < 4.78 is 51.1. The van der Waals surface area contributed by atoms with E-state index in [-0.39, 0.29) is 11.5 Å². The largest absolute Gasteiger partial charge is 0.416 e. The van der Waals surface area contributed by atoms with Crippen LogP contribution in [0.25, 0.3) is 0 Å². The molecule has 0 radical (unpaired) electrons. The summed E-state index contributed by atoms with van der Waals surface area (Å²) in [5.41, 5.74) is 3.39. The summed E-state index contributed by atoms with van der Waals surface area (Å²) in [6.07, 6.45) is -2.53. The average molecular weight is 300 g/mol. The molecule has 0 aliphatic rings. The van der Waals surface area contributed by atoms with E-state index < -0.39 is 29.2 Å². The monoisotopic (exact) mass is 300 g/mol. The lowest BCUT2D eigenvalue weighted by Crippen LogP contribution is -2.16. The number of nitrogens with zero attached hydrogens (tertiary/aromatic N) is 2. The Morgan fingerprint density at radius 2 is 1.90 bits per heavy atom. The van der Waals surface area contributed by atoms with E-state index in [1.54, 1.807) is 0 Å². The van der Waals surface area contributed by atoms with Gasteiger partial charge in [0.2, 0.25) is 0 Å². The standard InChI is InChI=1S/C12H8F4N4O/c13-7-2-1-6(12(14,15)16)3-8(7)20-11(21)9-4-19-10(17)5-18-9/h1-5H,(H2,17,19)(H,20,21). The second-order valence-electron chi connectivity index (χ2n) is 3.97. The second-order valence-corrected chi connectivity index (χ2v) is 3.97. The molecule has 0 saturated carbocycles. The Balaban J connectivity index is 2.26. The summed E-state index contributed by atoms with van der Waals surface area (Å²) in [5.74, 6) is -1.84. The molecule has 21 heavy (non-hydrogen) atoms. The lowest BCUT2D eigenvalue weighted by atomic mass is 10.2. The third-order valence-corrected chi connectivity index (χ3v) is 2.45. The molecule has 0 aliphatic heterocycles. The minimum Gasteiger partial charge on any atom is -0.382 e. The van der Waals surface area contributed by atoms with E-state index >= 15 is 0 Å². The van der Waals surface area contributed by atoms with Crippen LogP contribution in [0, 0.1) is 5.82 Å². The maximum absolute atomic E-state index is 13.5. The van der Waals surface area contributed by atoms with Gasteiger partial charge in [-0.1, -0.05) is 0 Å². The Morgan fingerprint density at radius 3 is 2.48 bits per heavy atom. The maximum Gasteiger partial charge on any atom is 0.416 e. The van der Waals surface area contributed by atoms with Crippen LogP contribution in [0.5, 0.6) is 0 Å². The number of hydrogen-bond acceptors (Lipinski definition) is 4. The molecule has 9 heteroatoms. The molecule has 1 aromatic carbocycles. The van der Waals surface area contributed by atoms with Gasteiger partial charge in [-0.3, -0.25) is 4.79 Å². The number of aromatic nitrogens is 2. The number of benzene rings is 1. The molecule has 0 unspecified atom stereocenters. The van der Waals surface area contributed by atoms with E-state index in [2.05, 4.69) is 9.97 Å². The zero-order valence-electron chi connectivity index (χ0n) is 10.3. The Kier molecular flexibility index (Phi) is 3.74. The minimum absolute atomic E-state index is 0.0665. The lowest BCUT2D eigenvalue weighted by Gasteiger charge is -2.10. The van der Waals surface area contributed by atoms with Gasteiger partial charge in [-0.05, 0) is 18.2 Å². The molecule has 110 valence electrons. The molecule has 0 spiro atoms. The zero-order chi connectivity index (χ0) is 15.6. The fraction of sp³-hybridized carbons (Fsp3) is 0.0833. The molecule has 0 bridgehead atoms. The van der Waals surface area contributed by atoms with Crippen LogP contribution in [-0.2, 0) is 6.18 Å². The first-order valence-electron chi connectivity index (χ1n) is 5.53. The summed E-state index contributed by atoms with van der Waals surface area (Å²) in [7, 11) is 0. The third kappa shape index (κ3) is 3.44. The molecule has 2 rings (SSSR count). The van der Waals surface area contributed by atoms with Crippen molar-refractivity contribution >= 4 is 17.4 Å². The van der Waals surface area contributed by atoms with Crippen molar-refractivity contribution in [2.24, 2.45) is 0 Å². The molecule has 2 aromatic rings. The molecule has 5 nitrogen and oxygen atoms in total. The second kappa shape index (κ2) is 5.35. The molecular formula is C12H8F4N4O. The number of halogens is 4. The summed E-state index contributed by atoms with van der Waals surface area (Å²) in [5, 5.41) is 2.00. The van der Waals surface area contributed by atoms with E-state index in [0.29, 0.717) is 18.2 Å². The van der Waals surface area contributed by atoms with Crippen LogP contribution >= 0.6 is 0 Å². The smallest absolute Gasteiger partial charge is 0.382 e. The van der Waals surface area contributed by atoms with Gasteiger partial charge < -0.3 is 11.1 Å². The van der Waals surface area contributed by atoms with E-state index in [0.717, 1.165) is 12.4 Å². The minimum atomic E-state index is -4.64. The molecule has 3 N–H and O–H groups in total. The highest BCUT2D eigenvalue weighted by Gasteiger charge is 2.31. The molecule has 0 saturated heterocycles. The van der Waals surface area contributed by atoms with Crippen molar-refractivity contribution in [3.8, 4) is 0 Å². The summed E-state index contributed by atoms with van der Waals surface area (Å²) in [6, 6.07) is 1.69. The van der Waals surface area contributed by atoms with Crippen LogP contribution in [0.15, 0.2) is 30.6 Å². The summed E-state index contributed by atoms with van der Waals surface area (Å²) >= 11 is 0. The van der Waals surface area contributed by atoms with Gasteiger partial charge in [0.25, 0.3) is 5.91 Å². The van der Waals surface area contributed by atoms with E-state index in [9.17, 15) is 22.4 Å². The van der Waals surface area contributed by atoms with Gasteiger partial charge in [0.1, 0.15) is 17.3 Å². The average Bonchev–Trinajstić information content (AvgIpc) is 2.40. The molecule has 0 atom stereocenters. The van der Waals surface area contributed by atoms with E-state index in [4.69, 9.17) is 5.73 Å². The number of hydrogen-bond donors (Lipinski definition) is 2. The predicted molar refractivity (Wildman–Crippen MR) is 65.8 cm³/mol. The highest BCUT2D eigenvalue weighted by Crippen LogP contribution is 2.31. The zero-order valence-corrected chi connectivity index (χ0v) is 10.3. The number of amides is 1. The predicted octanol–water partition coefficient (Wildman–Crippen LogP) is 2.47. The summed E-state index contributed by atoms with van der Waals surface area (Å²) in [6.45, 7) is 0. The number of carbonyl (C=O) groups is 1. The highest BCUT2D eigenvalue weighted by molar-refractivity contribution is 6.02. The topological polar surface area (TPSA) is 80.9 Å². The summed E-state index contributed by atoms with van der Waals surface area (Å²) in [4.78, 5) is 19.0. The Labute approximate surface area is 115 Å². The van der Waals surface area contributed by atoms with Crippen molar-refractivity contribution in [2.45, 2.75) is 6.18 Å². The highest BCUT2D eigenvalue weighted by atomic mass is 19.4. The van der Waals surface area contributed by atoms with Crippen LogP contribution in [-0.4, -0.2) is 15.9 Å². The molecule has 1 amide bonds. The number of anilines is 2. The van der Waals surface area contributed by atoms with Crippen molar-refractivity contribution in [3.05, 3.63) is 47.7 Å². The van der Waals surface area contributed by atoms with Crippen LogP contribution in [0.4, 0.5) is 29.1 Å². The van der Waals surface area contributed by atoms with Crippen LogP contribution in [0.2, 0.25) is 0 Å². The molecule has 0 fully saturated rings. The van der Waals surface area contributed by atoms with E-state index in [1.165, 1.54) is 0 Å². The van der Waals surface area contributed by atoms with Gasteiger partial charge in [0.15, 0.2) is 0 Å². The fourth-order valence-electron chi connectivity index (χ4n) is 1.44. The first-order valence-corrected chi connectivity index (χ1v) is 5.53. The Morgan fingerprint density at radius 1 is 1.19 bits per heavy atom. The first-order chi connectivity index (χ1) is 9.77. The number of carbonyl (C=O) groups excluding carboxylic acids is 1. The van der Waals surface area contributed by atoms with Crippen LogP contribution in [0.3, 0.4) is 0 Å². The molecular weight excluding hydrogens is 292 g/mol. The number of rotatable bonds is 2. The van der Waals surface area contributed by atoms with Crippen molar-refractivity contribution in [1.82, 2.24) is 9.97 Å². The quantitative estimate of drug-likeness (QED) is 0.835. The molecule has 0 aliphatic carbocycles. The molecule has 1 aromatic heterocycles. The van der Waals surface area contributed by atoms with Gasteiger partial charge >= 0.3 is 6.18 Å². The maximum atomic E-state index is 13.5. The molecule has 1 heterocycles. The normalized spacial score (nSPS) is 11.2. The van der Waals surface area contributed by atoms with Crippen molar-refractivity contribution in [3.63, 3.8) is 0 Å². The van der Waals surface area contributed by atoms with Gasteiger partial charge in [-0.15, -0.1) is 0 Å². The Hall–Kier alpha value is -2.71. The number of alkyl halides is 3. The van der Waals surface area contributed by atoms with Gasteiger partial charge in [-0.25, -0.2) is 14.4 Å². The van der Waals surface area contributed by atoms with Crippen LogP contribution in [0.1, 0.15) is 16.1 Å². The number of nitrogens with one attached hydrogen (secondary N) is 1. The van der Waals surface area contributed by atoms with Crippen molar-refractivity contribution in [1.29, 1.82) is 0 Å². The Bertz CT molecular complexity index is 670. The van der Waals surface area contributed by atoms with Gasteiger partial charge in [0.05, 0.1) is 23.6 Å². The lowest BCUT2D eigenvalue weighted by molar-refractivity contribution is -0.137. The van der Waals surface area contributed by atoms with Gasteiger partial charge in [0, 0.05) is 0 Å². The number of nitrogen functional groups attached to an aromatic ring is 1. The fourth-order valence-corrected chi connectivity index (χ4v) is 1.44. The van der Waals surface area contributed by atoms with E-state index in [1.807, 2.05) is 5.32 Å². The van der Waals surface area contributed by atoms with Crippen molar-refractivity contribution < 1.29 is 22.4 Å².